The number of amides is 1. The van der Waals surface area contributed by atoms with Gasteiger partial charge < -0.3 is 19.3 Å². The van der Waals surface area contributed by atoms with Crippen molar-refractivity contribution in [3.8, 4) is 0 Å². The number of rotatable bonds is 3. The van der Waals surface area contributed by atoms with Gasteiger partial charge in [-0.2, -0.15) is 0 Å². The molecule has 22 heavy (non-hydrogen) atoms. The van der Waals surface area contributed by atoms with Crippen molar-refractivity contribution in [2.45, 2.75) is 32.7 Å². The molecule has 0 atom stereocenters. The molecule has 2 rings (SSSR count). The zero-order valence-electron chi connectivity index (χ0n) is 12.7. The summed E-state index contributed by atoms with van der Waals surface area (Å²) in [4.78, 5) is 36.8. The van der Waals surface area contributed by atoms with E-state index in [4.69, 9.17) is 9.84 Å². The van der Waals surface area contributed by atoms with Gasteiger partial charge in [-0.05, 0) is 38.3 Å². The van der Waals surface area contributed by atoms with Crippen LogP contribution < -0.4 is 5.56 Å². The Hall–Kier alpha value is -2.31. The lowest BCUT2D eigenvalue weighted by Crippen LogP contribution is -2.41. The Bertz CT molecular complexity index is 629. The maximum Gasteiger partial charge on any atom is 0.409 e. The first-order valence-corrected chi connectivity index (χ1v) is 7.32. The predicted molar refractivity (Wildman–Crippen MR) is 79.3 cm³/mol. The van der Waals surface area contributed by atoms with E-state index in [1.54, 1.807) is 31.0 Å². The Morgan fingerprint density at radius 2 is 2.00 bits per heavy atom. The Labute approximate surface area is 128 Å². The largest absolute Gasteiger partial charge is 0.477 e. The Balaban J connectivity index is 2.16. The molecule has 1 saturated heterocycles. The summed E-state index contributed by atoms with van der Waals surface area (Å²) >= 11 is 0. The minimum atomic E-state index is -1.21. The normalized spacial score (nSPS) is 15.6. The van der Waals surface area contributed by atoms with Gasteiger partial charge in [-0.25, -0.2) is 9.59 Å². The monoisotopic (exact) mass is 308 g/mol. The minimum Gasteiger partial charge on any atom is -0.477 e. The fourth-order valence-electron chi connectivity index (χ4n) is 2.73. The molecule has 7 heteroatoms. The zero-order chi connectivity index (χ0) is 16.3. The molecule has 0 radical (unpaired) electrons. The number of hydrogen-bond acceptors (Lipinski definition) is 4. The SMILES string of the molecule is CCOC(=O)N1CCC(n2ccc(C)c(C(=O)O)c2=O)CC1. The smallest absolute Gasteiger partial charge is 0.409 e. The third kappa shape index (κ3) is 3.13. The molecule has 1 fully saturated rings. The molecular weight excluding hydrogens is 288 g/mol. The highest BCUT2D eigenvalue weighted by atomic mass is 16.6. The number of ether oxygens (including phenoxy) is 1. The summed E-state index contributed by atoms with van der Waals surface area (Å²) in [5.74, 6) is -1.21. The van der Waals surface area contributed by atoms with Crippen LogP contribution in [0, 0.1) is 6.92 Å². The summed E-state index contributed by atoms with van der Waals surface area (Å²) in [5, 5.41) is 9.16. The number of nitrogens with zero attached hydrogens (tertiary/aromatic N) is 2. The highest BCUT2D eigenvalue weighted by Gasteiger charge is 2.26. The third-order valence-corrected chi connectivity index (χ3v) is 3.93. The number of piperidine rings is 1. The number of aromatic nitrogens is 1. The number of likely N-dealkylation sites (tertiary alicyclic amines) is 1. The molecule has 0 bridgehead atoms. The van der Waals surface area contributed by atoms with Crippen LogP contribution in [0.5, 0.6) is 0 Å². The Morgan fingerprint density at radius 1 is 1.36 bits per heavy atom. The predicted octanol–water partition coefficient (Wildman–Crippen LogP) is 1.65. The number of carbonyl (C=O) groups excluding carboxylic acids is 1. The molecule has 1 aromatic rings. The summed E-state index contributed by atoms with van der Waals surface area (Å²) < 4.78 is 6.42. The lowest BCUT2D eigenvalue weighted by atomic mass is 10.0. The maximum atomic E-state index is 12.3. The molecule has 0 aromatic carbocycles. The van der Waals surface area contributed by atoms with Crippen molar-refractivity contribution in [2.75, 3.05) is 19.7 Å². The van der Waals surface area contributed by atoms with Crippen LogP contribution in [0.3, 0.4) is 0 Å². The summed E-state index contributed by atoms with van der Waals surface area (Å²) in [6.45, 7) is 4.68. The van der Waals surface area contributed by atoms with E-state index in [1.165, 1.54) is 4.57 Å². The van der Waals surface area contributed by atoms with Crippen molar-refractivity contribution in [3.05, 3.63) is 33.7 Å². The average Bonchev–Trinajstić information content (AvgIpc) is 2.47. The van der Waals surface area contributed by atoms with E-state index in [2.05, 4.69) is 0 Å². The number of carbonyl (C=O) groups is 2. The highest BCUT2D eigenvalue weighted by molar-refractivity contribution is 5.88. The first-order chi connectivity index (χ1) is 10.5. The van der Waals surface area contributed by atoms with Gasteiger partial charge in [0, 0.05) is 25.3 Å². The van der Waals surface area contributed by atoms with E-state index >= 15 is 0 Å². The van der Waals surface area contributed by atoms with Crippen LogP contribution in [0.2, 0.25) is 0 Å². The van der Waals surface area contributed by atoms with Gasteiger partial charge in [-0.3, -0.25) is 4.79 Å². The standard InChI is InChI=1S/C15H20N2O5/c1-3-22-15(21)16-7-5-11(6-8-16)17-9-4-10(2)12(13(17)18)14(19)20/h4,9,11H,3,5-8H2,1-2H3,(H,19,20). The van der Waals surface area contributed by atoms with Gasteiger partial charge in [-0.15, -0.1) is 0 Å². The lowest BCUT2D eigenvalue weighted by Gasteiger charge is -2.32. The van der Waals surface area contributed by atoms with Crippen molar-refractivity contribution in [1.29, 1.82) is 0 Å². The van der Waals surface area contributed by atoms with Gasteiger partial charge in [0.25, 0.3) is 5.56 Å². The zero-order valence-corrected chi connectivity index (χ0v) is 12.7. The van der Waals surface area contributed by atoms with Crippen LogP contribution in [0.4, 0.5) is 4.79 Å². The van der Waals surface area contributed by atoms with E-state index < -0.39 is 11.5 Å². The number of carboxylic acid groups (broad SMARTS) is 1. The van der Waals surface area contributed by atoms with Crippen LogP contribution in [0.15, 0.2) is 17.1 Å². The first-order valence-electron chi connectivity index (χ1n) is 7.32. The fourth-order valence-corrected chi connectivity index (χ4v) is 2.73. The van der Waals surface area contributed by atoms with Crippen molar-refractivity contribution in [1.82, 2.24) is 9.47 Å². The summed E-state index contributed by atoms with van der Waals surface area (Å²) in [7, 11) is 0. The van der Waals surface area contributed by atoms with Crippen LogP contribution in [0.1, 0.15) is 41.7 Å². The van der Waals surface area contributed by atoms with Gasteiger partial charge in [-0.1, -0.05) is 0 Å². The quantitative estimate of drug-likeness (QED) is 0.917. The van der Waals surface area contributed by atoms with Gasteiger partial charge >= 0.3 is 12.1 Å². The fraction of sp³-hybridized carbons (Fsp3) is 0.533. The number of pyridine rings is 1. The molecule has 0 aliphatic carbocycles. The average molecular weight is 308 g/mol. The molecule has 120 valence electrons. The van der Waals surface area contributed by atoms with E-state index in [9.17, 15) is 14.4 Å². The van der Waals surface area contributed by atoms with Gasteiger partial charge in [0.2, 0.25) is 0 Å². The summed E-state index contributed by atoms with van der Waals surface area (Å²) in [6.07, 6.45) is 2.49. The number of aryl methyl sites for hydroxylation is 1. The number of hydrogen-bond donors (Lipinski definition) is 1. The van der Waals surface area contributed by atoms with Crippen molar-refractivity contribution in [3.63, 3.8) is 0 Å². The van der Waals surface area contributed by atoms with Gasteiger partial charge in [0.15, 0.2) is 0 Å². The molecule has 1 amide bonds. The van der Waals surface area contributed by atoms with Gasteiger partial charge in [0.1, 0.15) is 5.56 Å². The summed E-state index contributed by atoms with van der Waals surface area (Å²) in [6, 6.07) is 1.54. The number of aromatic carboxylic acids is 1. The highest BCUT2D eigenvalue weighted by Crippen LogP contribution is 2.22. The van der Waals surface area contributed by atoms with E-state index in [-0.39, 0.29) is 17.7 Å². The second-order valence-electron chi connectivity index (χ2n) is 5.31. The van der Waals surface area contributed by atoms with Crippen molar-refractivity contribution in [2.24, 2.45) is 0 Å². The summed E-state index contributed by atoms with van der Waals surface area (Å²) in [5.41, 5.74) is -0.213. The van der Waals surface area contributed by atoms with Crippen molar-refractivity contribution < 1.29 is 19.4 Å². The molecule has 0 unspecified atom stereocenters. The van der Waals surface area contributed by atoms with Gasteiger partial charge in [0.05, 0.1) is 6.61 Å². The molecule has 7 nitrogen and oxygen atoms in total. The van der Waals surface area contributed by atoms with E-state index in [0.29, 0.717) is 38.1 Å². The first kappa shape index (κ1) is 16.1. The molecule has 1 aliphatic heterocycles. The molecular formula is C15H20N2O5. The molecule has 2 heterocycles. The lowest BCUT2D eigenvalue weighted by molar-refractivity contribution is 0.0693. The second-order valence-corrected chi connectivity index (χ2v) is 5.31. The molecule has 1 aromatic heterocycles. The molecule has 1 aliphatic rings. The third-order valence-electron chi connectivity index (χ3n) is 3.93. The number of carboxylic acids is 1. The molecule has 1 N–H and O–H groups in total. The van der Waals surface area contributed by atoms with Crippen LogP contribution in [-0.2, 0) is 4.74 Å². The van der Waals surface area contributed by atoms with E-state index in [1.807, 2.05) is 0 Å². The second kappa shape index (κ2) is 6.64. The van der Waals surface area contributed by atoms with E-state index in [0.717, 1.165) is 0 Å². The van der Waals surface area contributed by atoms with Crippen LogP contribution >= 0.6 is 0 Å². The Morgan fingerprint density at radius 3 is 2.55 bits per heavy atom. The van der Waals surface area contributed by atoms with Crippen molar-refractivity contribution >= 4 is 12.1 Å². The minimum absolute atomic E-state index is 0.100. The molecule has 0 saturated carbocycles. The molecule has 0 spiro atoms. The van der Waals surface area contributed by atoms with Crippen LogP contribution in [-0.4, -0.2) is 46.3 Å². The maximum absolute atomic E-state index is 12.3. The Kier molecular flexibility index (Phi) is 4.85. The topological polar surface area (TPSA) is 88.8 Å². The van der Waals surface area contributed by atoms with Crippen LogP contribution in [0.25, 0.3) is 0 Å².